The molecule has 0 bridgehead atoms. The van der Waals surface area contributed by atoms with Gasteiger partial charge in [-0.15, -0.1) is 10.2 Å². The Morgan fingerprint density at radius 2 is 1.97 bits per heavy atom. The van der Waals surface area contributed by atoms with Gasteiger partial charge in [-0.2, -0.15) is 0 Å². The van der Waals surface area contributed by atoms with Crippen molar-refractivity contribution in [3.8, 4) is 34.0 Å². The van der Waals surface area contributed by atoms with Gasteiger partial charge >= 0.3 is 0 Å². The van der Waals surface area contributed by atoms with Crippen LogP contribution in [0.2, 0.25) is 0 Å². The third kappa shape index (κ3) is 4.65. The normalized spacial score (nSPS) is 22.2. The Kier molecular flexibility index (Phi) is 6.26. The Balaban J connectivity index is 1.55. The molecule has 1 aliphatic carbocycles. The van der Waals surface area contributed by atoms with Crippen molar-refractivity contribution in [2.45, 2.75) is 38.9 Å². The van der Waals surface area contributed by atoms with Gasteiger partial charge in [0.1, 0.15) is 17.6 Å². The summed E-state index contributed by atoms with van der Waals surface area (Å²) in [7, 11) is 3.35. The first-order valence-corrected chi connectivity index (χ1v) is 10.9. The van der Waals surface area contributed by atoms with Crippen molar-refractivity contribution in [2.75, 3.05) is 19.1 Å². The second kappa shape index (κ2) is 9.13. The van der Waals surface area contributed by atoms with Crippen LogP contribution in [-0.2, 0) is 0 Å². The summed E-state index contributed by atoms with van der Waals surface area (Å²) < 4.78 is 19.8. The maximum atomic E-state index is 14.6. The standard InChI is InChI=1S/C25H28FN5O2/c1-5-25(2)10-8-19(26)21(14-25)31(3)24-28-15-20(29-30-24)18-7-6-16(12-22(18)32)17-9-11-27-23(13-17)33-4/h6-13,15,19,21,32H,5,14H2,1-4H3/t19-,21+,25+/m0/s1. The molecule has 0 fully saturated rings. The second-order valence-electron chi connectivity index (χ2n) is 8.66. The highest BCUT2D eigenvalue weighted by atomic mass is 19.1. The lowest BCUT2D eigenvalue weighted by Gasteiger charge is -2.39. The Hall–Kier alpha value is -3.55. The van der Waals surface area contributed by atoms with Gasteiger partial charge in [0.05, 0.1) is 19.3 Å². The first-order chi connectivity index (χ1) is 15.8. The highest BCUT2D eigenvalue weighted by molar-refractivity contribution is 5.74. The van der Waals surface area contributed by atoms with Gasteiger partial charge in [0.15, 0.2) is 0 Å². The first-order valence-electron chi connectivity index (χ1n) is 10.9. The molecule has 1 N–H and O–H groups in total. The van der Waals surface area contributed by atoms with Crippen LogP contribution in [-0.4, -0.2) is 51.6 Å². The summed E-state index contributed by atoms with van der Waals surface area (Å²) >= 11 is 0. The van der Waals surface area contributed by atoms with Crippen LogP contribution in [0.5, 0.6) is 11.6 Å². The molecular formula is C25H28FN5O2. The van der Waals surface area contributed by atoms with Crippen LogP contribution < -0.4 is 9.64 Å². The topological polar surface area (TPSA) is 84.3 Å². The number of anilines is 1. The van der Waals surface area contributed by atoms with Gasteiger partial charge in [-0.3, -0.25) is 0 Å². The molecule has 33 heavy (non-hydrogen) atoms. The Labute approximate surface area is 193 Å². The van der Waals surface area contributed by atoms with Crippen LogP contribution in [0, 0.1) is 5.41 Å². The van der Waals surface area contributed by atoms with Gasteiger partial charge in [0, 0.05) is 24.9 Å². The van der Waals surface area contributed by atoms with Gasteiger partial charge in [-0.05, 0) is 47.6 Å². The maximum Gasteiger partial charge on any atom is 0.245 e. The number of methoxy groups -OCH3 is 1. The van der Waals surface area contributed by atoms with Crippen molar-refractivity contribution in [2.24, 2.45) is 5.41 Å². The van der Waals surface area contributed by atoms with E-state index in [9.17, 15) is 9.50 Å². The second-order valence-corrected chi connectivity index (χ2v) is 8.66. The van der Waals surface area contributed by atoms with Gasteiger partial charge < -0.3 is 14.7 Å². The maximum absolute atomic E-state index is 14.6. The zero-order chi connectivity index (χ0) is 23.6. The van der Waals surface area contributed by atoms with Crippen molar-refractivity contribution in [3.63, 3.8) is 0 Å². The summed E-state index contributed by atoms with van der Waals surface area (Å²) in [5, 5.41) is 19.1. The summed E-state index contributed by atoms with van der Waals surface area (Å²) in [6.07, 6.45) is 7.31. The molecule has 2 heterocycles. The Bertz CT molecular complexity index is 1150. The molecule has 1 aliphatic rings. The lowest BCUT2D eigenvalue weighted by atomic mass is 9.75. The average Bonchev–Trinajstić information content (AvgIpc) is 2.85. The van der Waals surface area contributed by atoms with Crippen molar-refractivity contribution in [3.05, 3.63) is 54.9 Å². The molecule has 0 saturated carbocycles. The molecule has 0 aliphatic heterocycles. The van der Waals surface area contributed by atoms with Crippen LogP contribution in [0.25, 0.3) is 22.4 Å². The molecule has 3 atom stereocenters. The minimum atomic E-state index is -1.10. The number of hydrogen-bond donors (Lipinski definition) is 1. The fourth-order valence-corrected chi connectivity index (χ4v) is 4.05. The van der Waals surface area contributed by atoms with E-state index in [2.05, 4.69) is 34.0 Å². The molecule has 1 aromatic carbocycles. The van der Waals surface area contributed by atoms with Gasteiger partial charge in [-0.1, -0.05) is 32.1 Å². The van der Waals surface area contributed by atoms with E-state index in [1.807, 2.05) is 18.2 Å². The number of aromatic nitrogens is 4. The summed E-state index contributed by atoms with van der Waals surface area (Å²) in [4.78, 5) is 10.3. The van der Waals surface area contributed by atoms with Crippen molar-refractivity contribution in [1.82, 2.24) is 20.2 Å². The number of alkyl halides is 1. The molecule has 2 aromatic heterocycles. The number of halogens is 1. The molecule has 0 saturated heterocycles. The number of allylic oxidation sites excluding steroid dienone is 1. The van der Waals surface area contributed by atoms with Crippen LogP contribution >= 0.6 is 0 Å². The molecule has 0 spiro atoms. The van der Waals surface area contributed by atoms with E-state index in [4.69, 9.17) is 4.74 Å². The van der Waals surface area contributed by atoms with Crippen molar-refractivity contribution in [1.29, 1.82) is 0 Å². The summed E-state index contributed by atoms with van der Waals surface area (Å²) in [6.45, 7) is 4.24. The molecule has 0 unspecified atom stereocenters. The number of hydrogen-bond acceptors (Lipinski definition) is 7. The van der Waals surface area contributed by atoms with E-state index >= 15 is 0 Å². The first kappa shape index (κ1) is 22.6. The number of ether oxygens (including phenoxy) is 1. The Morgan fingerprint density at radius 3 is 2.64 bits per heavy atom. The molecule has 3 aromatic rings. The molecular weight excluding hydrogens is 421 g/mol. The van der Waals surface area contributed by atoms with Crippen LogP contribution in [0.1, 0.15) is 26.7 Å². The van der Waals surface area contributed by atoms with Gasteiger partial charge in [0.2, 0.25) is 11.8 Å². The van der Waals surface area contributed by atoms with Crippen LogP contribution in [0.4, 0.5) is 10.3 Å². The smallest absolute Gasteiger partial charge is 0.245 e. The zero-order valence-corrected chi connectivity index (χ0v) is 19.2. The fraction of sp³-hybridized carbons (Fsp3) is 0.360. The molecule has 0 amide bonds. The van der Waals surface area contributed by atoms with E-state index < -0.39 is 6.17 Å². The Morgan fingerprint density at radius 1 is 1.18 bits per heavy atom. The third-order valence-electron chi connectivity index (χ3n) is 6.45. The van der Waals surface area contributed by atoms with E-state index in [1.165, 1.54) is 0 Å². The molecule has 172 valence electrons. The van der Waals surface area contributed by atoms with Crippen LogP contribution in [0.3, 0.4) is 0 Å². The van der Waals surface area contributed by atoms with Gasteiger partial charge in [-0.25, -0.2) is 14.4 Å². The molecule has 8 heteroatoms. The fourth-order valence-electron chi connectivity index (χ4n) is 4.05. The predicted molar refractivity (Wildman–Crippen MR) is 126 cm³/mol. The highest BCUT2D eigenvalue weighted by Crippen LogP contribution is 2.37. The number of aromatic hydroxyl groups is 1. The van der Waals surface area contributed by atoms with Crippen molar-refractivity contribution < 1.29 is 14.2 Å². The SMILES string of the molecule is CC[C@]1(C)C=C[C@H](F)[C@H](N(C)c2ncc(-c3ccc(-c4ccnc(OC)c4)cc3O)nn2)C1. The number of phenolic OH excluding ortho intramolecular Hbond substituents is 1. The lowest BCUT2D eigenvalue weighted by molar-refractivity contribution is 0.231. The summed E-state index contributed by atoms with van der Waals surface area (Å²) in [6, 6.07) is 8.56. The molecule has 0 radical (unpaired) electrons. The molecule has 4 rings (SSSR count). The number of pyridine rings is 1. The number of phenols is 1. The predicted octanol–water partition coefficient (Wildman–Crippen LogP) is 4.83. The summed E-state index contributed by atoms with van der Waals surface area (Å²) in [5.41, 5.74) is 2.57. The third-order valence-corrected chi connectivity index (χ3v) is 6.45. The van der Waals surface area contributed by atoms with Crippen molar-refractivity contribution >= 4 is 5.95 Å². The van der Waals surface area contributed by atoms with Gasteiger partial charge in [0.25, 0.3) is 0 Å². The number of rotatable bonds is 6. The molecule has 7 nitrogen and oxygen atoms in total. The lowest BCUT2D eigenvalue weighted by Crippen LogP contribution is -2.45. The van der Waals surface area contributed by atoms with E-state index in [0.29, 0.717) is 29.5 Å². The average molecular weight is 450 g/mol. The largest absolute Gasteiger partial charge is 0.507 e. The minimum absolute atomic E-state index is 0.0543. The van der Waals surface area contributed by atoms with E-state index in [0.717, 1.165) is 17.5 Å². The van der Waals surface area contributed by atoms with E-state index in [-0.39, 0.29) is 17.2 Å². The quantitative estimate of drug-likeness (QED) is 0.539. The number of nitrogens with zero attached hydrogens (tertiary/aromatic N) is 5. The number of benzene rings is 1. The minimum Gasteiger partial charge on any atom is -0.507 e. The van der Waals surface area contributed by atoms with E-state index in [1.54, 1.807) is 55.7 Å². The van der Waals surface area contributed by atoms with Crippen LogP contribution in [0.15, 0.2) is 54.9 Å². The summed E-state index contributed by atoms with van der Waals surface area (Å²) in [5.74, 6) is 0.898. The zero-order valence-electron chi connectivity index (χ0n) is 19.2. The monoisotopic (exact) mass is 449 g/mol. The highest BCUT2D eigenvalue weighted by Gasteiger charge is 2.36.